The van der Waals surface area contributed by atoms with E-state index in [0.29, 0.717) is 36.9 Å². The van der Waals surface area contributed by atoms with Gasteiger partial charge in [0.2, 0.25) is 11.7 Å². The van der Waals surface area contributed by atoms with Gasteiger partial charge in [0, 0.05) is 25.4 Å². The maximum atomic E-state index is 11.2. The molecule has 1 saturated carbocycles. The minimum Gasteiger partial charge on any atom is -0.370 e. The number of hydrogen-bond donors (Lipinski definition) is 0. The highest BCUT2D eigenvalue weighted by atomic mass is 16.5. The predicted molar refractivity (Wildman–Crippen MR) is 69.8 cm³/mol. The van der Waals surface area contributed by atoms with E-state index in [0.717, 1.165) is 25.7 Å². The Balaban J connectivity index is 2.02. The molecule has 1 aromatic heterocycles. The molecule has 1 aliphatic carbocycles. The molecule has 0 amide bonds. The average molecular weight is 266 g/mol. The summed E-state index contributed by atoms with van der Waals surface area (Å²) in [5.41, 5.74) is 0. The molecule has 1 atom stereocenters. The lowest BCUT2D eigenvalue weighted by atomic mass is 9.88. The molecule has 0 saturated heterocycles. The van der Waals surface area contributed by atoms with E-state index in [4.69, 9.17) is 9.26 Å². The SMILES string of the molecule is CCCC(OCC)c1noc(C2CCC(=O)CC2)n1. The van der Waals surface area contributed by atoms with E-state index in [9.17, 15) is 4.79 Å². The molecule has 0 aliphatic heterocycles. The predicted octanol–water partition coefficient (Wildman–Crippen LogP) is 3.17. The van der Waals surface area contributed by atoms with Gasteiger partial charge in [-0.05, 0) is 26.2 Å². The van der Waals surface area contributed by atoms with Crippen LogP contribution in [0.4, 0.5) is 0 Å². The van der Waals surface area contributed by atoms with Crippen molar-refractivity contribution in [3.05, 3.63) is 11.7 Å². The maximum Gasteiger partial charge on any atom is 0.229 e. The first kappa shape index (κ1) is 14.2. The summed E-state index contributed by atoms with van der Waals surface area (Å²) in [6.07, 6.45) is 4.76. The molecule has 1 fully saturated rings. The Morgan fingerprint density at radius 2 is 2.11 bits per heavy atom. The van der Waals surface area contributed by atoms with Gasteiger partial charge in [0.25, 0.3) is 0 Å². The first-order chi connectivity index (χ1) is 9.24. The quantitative estimate of drug-likeness (QED) is 0.791. The third kappa shape index (κ3) is 3.62. The molecule has 1 heterocycles. The normalized spacial score (nSPS) is 18.7. The second kappa shape index (κ2) is 6.80. The van der Waals surface area contributed by atoms with Gasteiger partial charge in [-0.1, -0.05) is 18.5 Å². The Labute approximate surface area is 113 Å². The zero-order valence-corrected chi connectivity index (χ0v) is 11.7. The summed E-state index contributed by atoms with van der Waals surface area (Å²) in [5.74, 6) is 1.90. The summed E-state index contributed by atoms with van der Waals surface area (Å²) in [5, 5.41) is 4.05. The van der Waals surface area contributed by atoms with Crippen molar-refractivity contribution in [2.75, 3.05) is 6.61 Å². The number of nitrogens with zero attached hydrogens (tertiary/aromatic N) is 2. The van der Waals surface area contributed by atoms with Gasteiger partial charge in [0.15, 0.2) is 0 Å². The Bertz CT molecular complexity index is 401. The molecule has 0 bridgehead atoms. The van der Waals surface area contributed by atoms with Crippen LogP contribution in [-0.4, -0.2) is 22.5 Å². The Morgan fingerprint density at radius 1 is 1.37 bits per heavy atom. The van der Waals surface area contributed by atoms with Crippen molar-refractivity contribution in [3.8, 4) is 0 Å². The van der Waals surface area contributed by atoms with Crippen LogP contribution in [0, 0.1) is 0 Å². The van der Waals surface area contributed by atoms with Crippen LogP contribution in [0.3, 0.4) is 0 Å². The third-order valence-corrected chi connectivity index (χ3v) is 3.56. The van der Waals surface area contributed by atoms with Gasteiger partial charge < -0.3 is 9.26 Å². The highest BCUT2D eigenvalue weighted by Gasteiger charge is 2.26. The molecule has 5 nitrogen and oxygen atoms in total. The summed E-state index contributed by atoms with van der Waals surface area (Å²) >= 11 is 0. The number of hydrogen-bond acceptors (Lipinski definition) is 5. The molecule has 5 heteroatoms. The number of carbonyl (C=O) groups is 1. The summed E-state index contributed by atoms with van der Waals surface area (Å²) in [7, 11) is 0. The fourth-order valence-corrected chi connectivity index (χ4v) is 2.48. The molecule has 0 spiro atoms. The van der Waals surface area contributed by atoms with E-state index in [1.54, 1.807) is 0 Å². The van der Waals surface area contributed by atoms with Gasteiger partial charge in [-0.25, -0.2) is 0 Å². The molecule has 1 unspecified atom stereocenters. The van der Waals surface area contributed by atoms with Crippen molar-refractivity contribution >= 4 is 5.78 Å². The topological polar surface area (TPSA) is 65.2 Å². The average Bonchev–Trinajstić information content (AvgIpc) is 2.89. The van der Waals surface area contributed by atoms with Crippen molar-refractivity contribution < 1.29 is 14.1 Å². The fourth-order valence-electron chi connectivity index (χ4n) is 2.48. The van der Waals surface area contributed by atoms with E-state index in [-0.39, 0.29) is 12.0 Å². The van der Waals surface area contributed by atoms with Crippen molar-refractivity contribution in [1.82, 2.24) is 10.1 Å². The standard InChI is InChI=1S/C14H22N2O3/c1-3-5-12(18-4-2)13-15-14(19-16-13)10-6-8-11(17)9-7-10/h10,12H,3-9H2,1-2H3. The molecule has 2 rings (SSSR count). The van der Waals surface area contributed by atoms with Gasteiger partial charge >= 0.3 is 0 Å². The molecular weight excluding hydrogens is 244 g/mol. The second-order valence-corrected chi connectivity index (χ2v) is 5.04. The lowest BCUT2D eigenvalue weighted by molar-refractivity contribution is -0.120. The lowest BCUT2D eigenvalue weighted by Crippen LogP contribution is -2.13. The van der Waals surface area contributed by atoms with Crippen LogP contribution >= 0.6 is 0 Å². The maximum absolute atomic E-state index is 11.2. The van der Waals surface area contributed by atoms with Crippen molar-refractivity contribution in [2.45, 2.75) is 64.4 Å². The van der Waals surface area contributed by atoms with E-state index >= 15 is 0 Å². The van der Waals surface area contributed by atoms with Crippen molar-refractivity contribution in [2.24, 2.45) is 0 Å². The molecule has 0 radical (unpaired) electrons. The number of Topliss-reactive ketones (excluding diaryl/α,β-unsaturated/α-hetero) is 1. The van der Waals surface area contributed by atoms with Crippen LogP contribution in [0.1, 0.15) is 76.1 Å². The summed E-state index contributed by atoms with van der Waals surface area (Å²) in [6.45, 7) is 4.72. The van der Waals surface area contributed by atoms with Gasteiger partial charge in [-0.15, -0.1) is 0 Å². The van der Waals surface area contributed by atoms with E-state index in [1.807, 2.05) is 6.92 Å². The molecule has 0 aromatic carbocycles. The molecule has 1 aromatic rings. The summed E-state index contributed by atoms with van der Waals surface area (Å²) in [4.78, 5) is 15.7. The highest BCUT2D eigenvalue weighted by molar-refractivity contribution is 5.79. The number of rotatable bonds is 6. The molecular formula is C14H22N2O3. The Hall–Kier alpha value is -1.23. The first-order valence-electron chi connectivity index (χ1n) is 7.21. The van der Waals surface area contributed by atoms with E-state index in [1.165, 1.54) is 0 Å². The molecule has 19 heavy (non-hydrogen) atoms. The third-order valence-electron chi connectivity index (χ3n) is 3.56. The smallest absolute Gasteiger partial charge is 0.229 e. The number of carbonyl (C=O) groups excluding carboxylic acids is 1. The van der Waals surface area contributed by atoms with Gasteiger partial charge in [-0.3, -0.25) is 4.79 Å². The van der Waals surface area contributed by atoms with Gasteiger partial charge in [-0.2, -0.15) is 4.98 Å². The highest BCUT2D eigenvalue weighted by Crippen LogP contribution is 2.31. The number of aromatic nitrogens is 2. The van der Waals surface area contributed by atoms with E-state index < -0.39 is 0 Å². The number of ketones is 1. The van der Waals surface area contributed by atoms with Gasteiger partial charge in [0.05, 0.1) is 0 Å². The Kier molecular flexibility index (Phi) is 5.07. The van der Waals surface area contributed by atoms with Crippen molar-refractivity contribution in [1.29, 1.82) is 0 Å². The second-order valence-electron chi connectivity index (χ2n) is 5.04. The van der Waals surface area contributed by atoms with Crippen LogP contribution < -0.4 is 0 Å². The van der Waals surface area contributed by atoms with Crippen LogP contribution in [0.15, 0.2) is 4.52 Å². The minimum absolute atomic E-state index is 0.0716. The molecule has 0 N–H and O–H groups in total. The van der Waals surface area contributed by atoms with Crippen LogP contribution in [-0.2, 0) is 9.53 Å². The van der Waals surface area contributed by atoms with Crippen LogP contribution in [0.25, 0.3) is 0 Å². The Morgan fingerprint density at radius 3 is 2.74 bits per heavy atom. The summed E-state index contributed by atoms with van der Waals surface area (Å²) < 4.78 is 11.0. The van der Waals surface area contributed by atoms with Crippen molar-refractivity contribution in [3.63, 3.8) is 0 Å². The minimum atomic E-state index is -0.0716. The number of ether oxygens (including phenoxy) is 1. The fraction of sp³-hybridized carbons (Fsp3) is 0.786. The van der Waals surface area contributed by atoms with Gasteiger partial charge in [0.1, 0.15) is 11.9 Å². The molecule has 106 valence electrons. The zero-order chi connectivity index (χ0) is 13.7. The lowest BCUT2D eigenvalue weighted by Gasteiger charge is -2.16. The van der Waals surface area contributed by atoms with Crippen LogP contribution in [0.5, 0.6) is 0 Å². The first-order valence-corrected chi connectivity index (χ1v) is 7.21. The van der Waals surface area contributed by atoms with Crippen LogP contribution in [0.2, 0.25) is 0 Å². The zero-order valence-electron chi connectivity index (χ0n) is 11.7. The summed E-state index contributed by atoms with van der Waals surface area (Å²) in [6, 6.07) is 0. The molecule has 1 aliphatic rings. The van der Waals surface area contributed by atoms with E-state index in [2.05, 4.69) is 17.1 Å². The monoisotopic (exact) mass is 266 g/mol. The largest absolute Gasteiger partial charge is 0.370 e.